The van der Waals surface area contributed by atoms with Gasteiger partial charge in [0.05, 0.1) is 5.41 Å². The Kier molecular flexibility index (Phi) is 4.14. The van der Waals surface area contributed by atoms with Gasteiger partial charge in [0.1, 0.15) is 0 Å². The van der Waals surface area contributed by atoms with Gasteiger partial charge in [-0.3, -0.25) is 4.79 Å². The molecule has 0 aromatic rings. The molecule has 0 aromatic carbocycles. The Morgan fingerprint density at radius 2 is 2.31 bits per heavy atom. The van der Waals surface area contributed by atoms with Crippen LogP contribution in [0.3, 0.4) is 0 Å². The van der Waals surface area contributed by atoms with E-state index in [9.17, 15) is 4.79 Å². The molecule has 0 aliphatic carbocycles. The first-order valence-corrected chi connectivity index (χ1v) is 7.52. The summed E-state index contributed by atoms with van der Waals surface area (Å²) in [6.07, 6.45) is 3.15. The predicted molar refractivity (Wildman–Crippen MR) is 68.7 cm³/mol. The van der Waals surface area contributed by atoms with Gasteiger partial charge in [0.15, 0.2) is 0 Å². The van der Waals surface area contributed by atoms with Crippen LogP contribution in [-0.2, 0) is 4.79 Å². The highest BCUT2D eigenvalue weighted by atomic mass is 32.2. The average molecular weight is 242 g/mol. The van der Waals surface area contributed by atoms with E-state index in [-0.39, 0.29) is 5.41 Å². The molecular formula is C12H22N2OS. The molecule has 0 bridgehead atoms. The molecule has 2 rings (SSSR count). The summed E-state index contributed by atoms with van der Waals surface area (Å²) in [7, 11) is 0. The van der Waals surface area contributed by atoms with Gasteiger partial charge < -0.3 is 10.2 Å². The number of nitrogens with one attached hydrogen (secondary N) is 1. The topological polar surface area (TPSA) is 32.3 Å². The third kappa shape index (κ3) is 2.38. The maximum atomic E-state index is 12.6. The predicted octanol–water partition coefficient (Wildman–Crippen LogP) is 1.34. The molecule has 1 N–H and O–H groups in total. The van der Waals surface area contributed by atoms with Crippen LogP contribution in [0.1, 0.15) is 26.2 Å². The maximum absolute atomic E-state index is 12.6. The molecule has 2 saturated heterocycles. The van der Waals surface area contributed by atoms with Gasteiger partial charge in [-0.15, -0.1) is 0 Å². The maximum Gasteiger partial charge on any atom is 0.230 e. The smallest absolute Gasteiger partial charge is 0.230 e. The summed E-state index contributed by atoms with van der Waals surface area (Å²) in [6, 6.07) is 0. The van der Waals surface area contributed by atoms with E-state index >= 15 is 0 Å². The first-order valence-electron chi connectivity index (χ1n) is 6.36. The molecule has 0 radical (unpaired) electrons. The molecule has 16 heavy (non-hydrogen) atoms. The molecule has 1 unspecified atom stereocenters. The lowest BCUT2D eigenvalue weighted by molar-refractivity contribution is -0.141. The summed E-state index contributed by atoms with van der Waals surface area (Å²) in [4.78, 5) is 14.7. The fourth-order valence-corrected chi connectivity index (χ4v) is 3.55. The van der Waals surface area contributed by atoms with Crippen molar-refractivity contribution in [1.29, 1.82) is 0 Å². The molecule has 2 aliphatic heterocycles. The van der Waals surface area contributed by atoms with Gasteiger partial charge in [0.2, 0.25) is 5.91 Å². The molecule has 2 heterocycles. The van der Waals surface area contributed by atoms with E-state index in [0.717, 1.165) is 51.2 Å². The fourth-order valence-electron chi connectivity index (χ4n) is 2.66. The van der Waals surface area contributed by atoms with Gasteiger partial charge in [0.25, 0.3) is 0 Å². The van der Waals surface area contributed by atoms with E-state index in [2.05, 4.69) is 17.1 Å². The minimum atomic E-state index is -0.0883. The number of nitrogens with zero attached hydrogens (tertiary/aromatic N) is 1. The number of carbonyl (C=O) groups is 1. The fraction of sp³-hybridized carbons (Fsp3) is 0.917. The highest BCUT2D eigenvalue weighted by Crippen LogP contribution is 2.32. The van der Waals surface area contributed by atoms with Crippen LogP contribution in [0.15, 0.2) is 0 Å². The summed E-state index contributed by atoms with van der Waals surface area (Å²) >= 11 is 1.98. The van der Waals surface area contributed by atoms with Crippen molar-refractivity contribution in [2.75, 3.05) is 37.7 Å². The van der Waals surface area contributed by atoms with Crippen molar-refractivity contribution in [1.82, 2.24) is 10.2 Å². The van der Waals surface area contributed by atoms with Crippen LogP contribution < -0.4 is 5.32 Å². The molecule has 0 saturated carbocycles. The zero-order valence-electron chi connectivity index (χ0n) is 10.1. The van der Waals surface area contributed by atoms with E-state index in [0.29, 0.717) is 5.91 Å². The summed E-state index contributed by atoms with van der Waals surface area (Å²) in [6.45, 7) is 5.95. The number of rotatable bonds is 2. The van der Waals surface area contributed by atoms with Crippen LogP contribution in [0.4, 0.5) is 0 Å². The SMILES string of the molecule is CCC1(C(=O)N2CCCSCC2)CCNC1. The lowest BCUT2D eigenvalue weighted by atomic mass is 9.82. The van der Waals surface area contributed by atoms with Crippen molar-refractivity contribution in [3.05, 3.63) is 0 Å². The molecule has 2 fully saturated rings. The van der Waals surface area contributed by atoms with E-state index in [1.807, 2.05) is 11.8 Å². The van der Waals surface area contributed by atoms with Crippen molar-refractivity contribution in [2.45, 2.75) is 26.2 Å². The zero-order valence-corrected chi connectivity index (χ0v) is 10.9. The van der Waals surface area contributed by atoms with Gasteiger partial charge in [-0.05, 0) is 31.6 Å². The second-order valence-electron chi connectivity index (χ2n) is 4.82. The molecule has 92 valence electrons. The minimum absolute atomic E-state index is 0.0883. The standard InChI is InChI=1S/C12H22N2OS/c1-2-12(4-5-13-10-12)11(15)14-6-3-8-16-9-7-14/h13H,2-10H2,1H3. The zero-order chi connectivity index (χ0) is 11.4. The molecule has 0 aromatic heterocycles. The summed E-state index contributed by atoms with van der Waals surface area (Å²) in [5.41, 5.74) is -0.0883. The molecule has 1 amide bonds. The van der Waals surface area contributed by atoms with Crippen molar-refractivity contribution in [2.24, 2.45) is 5.41 Å². The van der Waals surface area contributed by atoms with Crippen LogP contribution in [0.25, 0.3) is 0 Å². The highest BCUT2D eigenvalue weighted by molar-refractivity contribution is 7.99. The Morgan fingerprint density at radius 1 is 1.44 bits per heavy atom. The first-order chi connectivity index (χ1) is 7.78. The monoisotopic (exact) mass is 242 g/mol. The quantitative estimate of drug-likeness (QED) is 0.793. The molecule has 0 spiro atoms. The molecule has 3 nitrogen and oxygen atoms in total. The number of amides is 1. The van der Waals surface area contributed by atoms with Gasteiger partial charge in [-0.25, -0.2) is 0 Å². The van der Waals surface area contributed by atoms with E-state index in [1.165, 1.54) is 5.75 Å². The lowest BCUT2D eigenvalue weighted by Crippen LogP contribution is -2.45. The average Bonchev–Trinajstić information content (AvgIpc) is 2.64. The first kappa shape index (κ1) is 12.2. The summed E-state index contributed by atoms with van der Waals surface area (Å²) in [5.74, 6) is 2.72. The third-order valence-electron chi connectivity index (χ3n) is 3.88. The molecule has 4 heteroatoms. The van der Waals surface area contributed by atoms with Crippen LogP contribution in [-0.4, -0.2) is 48.5 Å². The Bertz CT molecular complexity index is 243. The van der Waals surface area contributed by atoms with Crippen molar-refractivity contribution < 1.29 is 4.79 Å². The Morgan fingerprint density at radius 3 is 3.00 bits per heavy atom. The normalized spacial score (nSPS) is 31.4. The lowest BCUT2D eigenvalue weighted by Gasteiger charge is -2.32. The number of carbonyl (C=O) groups excluding carboxylic acids is 1. The molecular weight excluding hydrogens is 220 g/mol. The van der Waals surface area contributed by atoms with Crippen molar-refractivity contribution in [3.63, 3.8) is 0 Å². The van der Waals surface area contributed by atoms with Crippen LogP contribution in [0, 0.1) is 5.41 Å². The van der Waals surface area contributed by atoms with Gasteiger partial charge in [-0.2, -0.15) is 11.8 Å². The largest absolute Gasteiger partial charge is 0.341 e. The number of hydrogen-bond donors (Lipinski definition) is 1. The van der Waals surface area contributed by atoms with Crippen molar-refractivity contribution >= 4 is 17.7 Å². The minimum Gasteiger partial charge on any atom is -0.341 e. The summed E-state index contributed by atoms with van der Waals surface area (Å²) < 4.78 is 0. The Hall–Kier alpha value is -0.220. The Labute approximate surface area is 102 Å². The van der Waals surface area contributed by atoms with Crippen LogP contribution >= 0.6 is 11.8 Å². The van der Waals surface area contributed by atoms with Gasteiger partial charge in [-0.1, -0.05) is 6.92 Å². The number of thioether (sulfide) groups is 1. The third-order valence-corrected chi connectivity index (χ3v) is 4.93. The van der Waals surface area contributed by atoms with E-state index in [1.54, 1.807) is 0 Å². The van der Waals surface area contributed by atoms with Gasteiger partial charge in [0, 0.05) is 25.4 Å². The van der Waals surface area contributed by atoms with E-state index < -0.39 is 0 Å². The molecule has 2 aliphatic rings. The Balaban J connectivity index is 2.03. The highest BCUT2D eigenvalue weighted by Gasteiger charge is 2.41. The van der Waals surface area contributed by atoms with Crippen LogP contribution in [0.2, 0.25) is 0 Å². The number of hydrogen-bond acceptors (Lipinski definition) is 3. The van der Waals surface area contributed by atoms with Crippen LogP contribution in [0.5, 0.6) is 0 Å². The molecule has 1 atom stereocenters. The van der Waals surface area contributed by atoms with Gasteiger partial charge >= 0.3 is 0 Å². The second kappa shape index (κ2) is 5.41. The summed E-state index contributed by atoms with van der Waals surface area (Å²) in [5, 5.41) is 3.35. The van der Waals surface area contributed by atoms with E-state index in [4.69, 9.17) is 0 Å². The second-order valence-corrected chi connectivity index (χ2v) is 6.04. The van der Waals surface area contributed by atoms with Crippen molar-refractivity contribution in [3.8, 4) is 0 Å².